The van der Waals surface area contributed by atoms with Crippen LogP contribution >= 0.6 is 0 Å². The van der Waals surface area contributed by atoms with Gasteiger partial charge in [0.25, 0.3) is 0 Å². The standard InChI is InChI=1S/C20H24N2O/c1-15(23)22-19-9-6-16(7-10-19)12-13-21-20-11-8-17-4-2-3-5-18(17)14-20/h2-7,9-10,20-21H,8,11-14H2,1H3,(H,22,23)/t20-/m1/s1. The maximum atomic E-state index is 11.0. The second-order valence-corrected chi connectivity index (χ2v) is 6.29. The van der Waals surface area contributed by atoms with E-state index >= 15 is 0 Å². The Hall–Kier alpha value is -2.13. The summed E-state index contributed by atoms with van der Waals surface area (Å²) < 4.78 is 0. The third-order valence-corrected chi connectivity index (χ3v) is 4.47. The molecule has 0 heterocycles. The first kappa shape index (κ1) is 15.8. The van der Waals surface area contributed by atoms with Gasteiger partial charge in [0.1, 0.15) is 0 Å². The van der Waals surface area contributed by atoms with Crippen LogP contribution in [0.15, 0.2) is 48.5 Å². The smallest absolute Gasteiger partial charge is 0.221 e. The SMILES string of the molecule is CC(=O)Nc1ccc(CCN[C@@H]2CCc3ccccc3C2)cc1. The summed E-state index contributed by atoms with van der Waals surface area (Å²) in [5, 5.41) is 6.48. The van der Waals surface area contributed by atoms with Crippen molar-refractivity contribution >= 4 is 11.6 Å². The molecule has 3 rings (SSSR count). The average molecular weight is 308 g/mol. The maximum Gasteiger partial charge on any atom is 0.221 e. The van der Waals surface area contributed by atoms with E-state index in [-0.39, 0.29) is 5.91 Å². The summed E-state index contributed by atoms with van der Waals surface area (Å²) in [4.78, 5) is 11.0. The molecule has 0 radical (unpaired) electrons. The van der Waals surface area contributed by atoms with Crippen LogP contribution in [0.4, 0.5) is 5.69 Å². The van der Waals surface area contributed by atoms with E-state index in [1.807, 2.05) is 12.1 Å². The Morgan fingerprint density at radius 2 is 1.83 bits per heavy atom. The molecule has 0 saturated heterocycles. The highest BCUT2D eigenvalue weighted by Crippen LogP contribution is 2.21. The first-order valence-electron chi connectivity index (χ1n) is 8.37. The van der Waals surface area contributed by atoms with Gasteiger partial charge in [-0.3, -0.25) is 4.79 Å². The van der Waals surface area contributed by atoms with Crippen molar-refractivity contribution < 1.29 is 4.79 Å². The van der Waals surface area contributed by atoms with Crippen molar-refractivity contribution in [1.29, 1.82) is 0 Å². The van der Waals surface area contributed by atoms with E-state index in [0.29, 0.717) is 6.04 Å². The summed E-state index contributed by atoms with van der Waals surface area (Å²) in [6.07, 6.45) is 4.55. The predicted octanol–water partition coefficient (Wildman–Crippen LogP) is 3.33. The quantitative estimate of drug-likeness (QED) is 0.889. The number of rotatable bonds is 5. The van der Waals surface area contributed by atoms with Gasteiger partial charge >= 0.3 is 0 Å². The number of hydrogen-bond acceptors (Lipinski definition) is 2. The van der Waals surface area contributed by atoms with Crippen LogP contribution in [0.1, 0.15) is 30.0 Å². The van der Waals surface area contributed by atoms with Crippen LogP contribution in [0, 0.1) is 0 Å². The lowest BCUT2D eigenvalue weighted by atomic mass is 9.88. The lowest BCUT2D eigenvalue weighted by molar-refractivity contribution is -0.114. The van der Waals surface area contributed by atoms with Crippen LogP contribution in [0.25, 0.3) is 0 Å². The van der Waals surface area contributed by atoms with Gasteiger partial charge in [-0.15, -0.1) is 0 Å². The Morgan fingerprint density at radius 3 is 2.57 bits per heavy atom. The fourth-order valence-corrected chi connectivity index (χ4v) is 3.25. The lowest BCUT2D eigenvalue weighted by Gasteiger charge is -2.25. The molecule has 2 aromatic rings. The summed E-state index contributed by atoms with van der Waals surface area (Å²) in [6, 6.07) is 17.5. The fraction of sp³-hybridized carbons (Fsp3) is 0.350. The number of carbonyl (C=O) groups excluding carboxylic acids is 1. The highest BCUT2D eigenvalue weighted by atomic mass is 16.1. The number of amides is 1. The normalized spacial score (nSPS) is 16.7. The van der Waals surface area contributed by atoms with E-state index in [9.17, 15) is 4.79 Å². The highest BCUT2D eigenvalue weighted by molar-refractivity contribution is 5.88. The summed E-state index contributed by atoms with van der Waals surface area (Å²) in [6.45, 7) is 2.52. The highest BCUT2D eigenvalue weighted by Gasteiger charge is 2.17. The Kier molecular flexibility index (Phi) is 5.09. The first-order valence-corrected chi connectivity index (χ1v) is 8.37. The van der Waals surface area contributed by atoms with Crippen molar-refractivity contribution in [3.8, 4) is 0 Å². The number of aryl methyl sites for hydroxylation is 1. The zero-order valence-electron chi connectivity index (χ0n) is 13.6. The molecule has 3 nitrogen and oxygen atoms in total. The van der Waals surface area contributed by atoms with Crippen LogP contribution in [-0.4, -0.2) is 18.5 Å². The molecular weight excluding hydrogens is 284 g/mol. The zero-order chi connectivity index (χ0) is 16.1. The van der Waals surface area contributed by atoms with Crippen molar-refractivity contribution in [2.75, 3.05) is 11.9 Å². The van der Waals surface area contributed by atoms with E-state index in [4.69, 9.17) is 0 Å². The molecule has 0 aliphatic heterocycles. The van der Waals surface area contributed by atoms with Gasteiger partial charge in [-0.2, -0.15) is 0 Å². The minimum atomic E-state index is -0.0306. The molecule has 0 fully saturated rings. The number of carbonyl (C=O) groups is 1. The van der Waals surface area contributed by atoms with Crippen molar-refractivity contribution in [3.63, 3.8) is 0 Å². The zero-order valence-corrected chi connectivity index (χ0v) is 13.6. The van der Waals surface area contributed by atoms with Gasteiger partial charge in [0.15, 0.2) is 0 Å². The van der Waals surface area contributed by atoms with E-state index in [0.717, 1.165) is 25.1 Å². The van der Waals surface area contributed by atoms with E-state index in [1.165, 1.54) is 36.5 Å². The van der Waals surface area contributed by atoms with Crippen molar-refractivity contribution in [3.05, 3.63) is 65.2 Å². The molecule has 120 valence electrons. The third-order valence-electron chi connectivity index (χ3n) is 4.47. The Bertz CT molecular complexity index is 664. The Morgan fingerprint density at radius 1 is 1.09 bits per heavy atom. The molecule has 2 aromatic carbocycles. The van der Waals surface area contributed by atoms with Gasteiger partial charge in [-0.25, -0.2) is 0 Å². The van der Waals surface area contributed by atoms with Gasteiger partial charge in [-0.1, -0.05) is 36.4 Å². The van der Waals surface area contributed by atoms with Crippen LogP contribution in [0.3, 0.4) is 0 Å². The monoisotopic (exact) mass is 308 g/mol. The Balaban J connectivity index is 1.46. The van der Waals surface area contributed by atoms with E-state index in [2.05, 4.69) is 47.0 Å². The molecule has 1 aliphatic carbocycles. The predicted molar refractivity (Wildman–Crippen MR) is 94.7 cm³/mol. The summed E-state index contributed by atoms with van der Waals surface area (Å²) >= 11 is 0. The second-order valence-electron chi connectivity index (χ2n) is 6.29. The molecule has 1 amide bonds. The number of hydrogen-bond donors (Lipinski definition) is 2. The molecule has 3 heteroatoms. The fourth-order valence-electron chi connectivity index (χ4n) is 3.25. The molecule has 23 heavy (non-hydrogen) atoms. The van der Waals surface area contributed by atoms with Crippen molar-refractivity contribution in [1.82, 2.24) is 5.32 Å². The molecule has 2 N–H and O–H groups in total. The van der Waals surface area contributed by atoms with Gasteiger partial charge < -0.3 is 10.6 Å². The van der Waals surface area contributed by atoms with Gasteiger partial charge in [0.2, 0.25) is 5.91 Å². The molecular formula is C20H24N2O. The molecule has 0 spiro atoms. The number of nitrogens with one attached hydrogen (secondary N) is 2. The molecule has 1 atom stereocenters. The number of fused-ring (bicyclic) bond motifs is 1. The largest absolute Gasteiger partial charge is 0.326 e. The minimum absolute atomic E-state index is 0.0306. The van der Waals surface area contributed by atoms with Crippen LogP contribution < -0.4 is 10.6 Å². The molecule has 0 bridgehead atoms. The number of benzene rings is 2. The summed E-state index contributed by atoms with van der Waals surface area (Å²) in [5.41, 5.74) is 5.16. The minimum Gasteiger partial charge on any atom is -0.326 e. The van der Waals surface area contributed by atoms with Crippen molar-refractivity contribution in [2.45, 2.75) is 38.6 Å². The molecule has 0 unspecified atom stereocenters. The molecule has 0 saturated carbocycles. The van der Waals surface area contributed by atoms with Crippen LogP contribution in [0.5, 0.6) is 0 Å². The van der Waals surface area contributed by atoms with Gasteiger partial charge in [-0.05, 0) is 61.1 Å². The lowest BCUT2D eigenvalue weighted by Crippen LogP contribution is -2.35. The van der Waals surface area contributed by atoms with Gasteiger partial charge in [0.05, 0.1) is 0 Å². The van der Waals surface area contributed by atoms with E-state index in [1.54, 1.807) is 0 Å². The third kappa shape index (κ3) is 4.42. The van der Waals surface area contributed by atoms with Crippen molar-refractivity contribution in [2.24, 2.45) is 0 Å². The average Bonchev–Trinajstić information content (AvgIpc) is 2.56. The van der Waals surface area contributed by atoms with Crippen LogP contribution in [0.2, 0.25) is 0 Å². The second kappa shape index (κ2) is 7.42. The topological polar surface area (TPSA) is 41.1 Å². The first-order chi connectivity index (χ1) is 11.2. The molecule has 1 aliphatic rings. The summed E-state index contributed by atoms with van der Waals surface area (Å²) in [5.74, 6) is -0.0306. The van der Waals surface area contributed by atoms with Crippen LogP contribution in [-0.2, 0) is 24.1 Å². The molecule has 0 aromatic heterocycles. The summed E-state index contributed by atoms with van der Waals surface area (Å²) in [7, 11) is 0. The Labute approximate surface area is 138 Å². The van der Waals surface area contributed by atoms with Gasteiger partial charge in [0, 0.05) is 18.7 Å². The number of anilines is 1. The van der Waals surface area contributed by atoms with E-state index < -0.39 is 0 Å². The maximum absolute atomic E-state index is 11.0.